The van der Waals surface area contributed by atoms with Crippen molar-refractivity contribution in [2.24, 2.45) is 4.99 Å². The highest BCUT2D eigenvalue weighted by Crippen LogP contribution is 2.34. The van der Waals surface area contributed by atoms with Crippen molar-refractivity contribution in [2.75, 3.05) is 19.5 Å². The summed E-state index contributed by atoms with van der Waals surface area (Å²) in [5.41, 5.74) is 5.39. The molecule has 0 saturated carbocycles. The van der Waals surface area contributed by atoms with Crippen LogP contribution in [0.1, 0.15) is 40.8 Å². The minimum atomic E-state index is -0.747. The summed E-state index contributed by atoms with van der Waals surface area (Å²) in [6, 6.07) is 23.1. The highest BCUT2D eigenvalue weighted by molar-refractivity contribution is 7.07. The number of para-hydroxylation sites is 1. The van der Waals surface area contributed by atoms with Gasteiger partial charge in [0.1, 0.15) is 12.4 Å². The number of fused-ring (bicyclic) bond motifs is 1. The molecule has 0 radical (unpaired) electrons. The second kappa shape index (κ2) is 14.3. The maximum atomic E-state index is 14.4. The first-order chi connectivity index (χ1) is 23.6. The number of rotatable bonds is 9. The quantitative estimate of drug-likeness (QED) is 0.172. The zero-order valence-electron chi connectivity index (χ0n) is 27.5. The third-order valence-electron chi connectivity index (χ3n) is 8.23. The Labute approximate surface area is 297 Å². The minimum Gasteiger partial charge on any atom is -0.497 e. The first kappa shape index (κ1) is 34.0. The summed E-state index contributed by atoms with van der Waals surface area (Å²) in [4.78, 5) is 33.7. The summed E-state index contributed by atoms with van der Waals surface area (Å²) < 4.78 is 19.2. The van der Waals surface area contributed by atoms with Gasteiger partial charge in [0, 0.05) is 26.9 Å². The predicted molar refractivity (Wildman–Crippen MR) is 195 cm³/mol. The van der Waals surface area contributed by atoms with E-state index in [0.29, 0.717) is 59.1 Å². The van der Waals surface area contributed by atoms with Gasteiger partial charge in [0.15, 0.2) is 16.3 Å². The van der Waals surface area contributed by atoms with Crippen molar-refractivity contribution in [2.45, 2.75) is 33.4 Å². The third kappa shape index (κ3) is 7.01. The molecule has 1 amide bonds. The first-order valence-electron chi connectivity index (χ1n) is 15.4. The summed E-state index contributed by atoms with van der Waals surface area (Å²) >= 11 is 13.7. The van der Waals surface area contributed by atoms with Crippen molar-refractivity contribution in [3.05, 3.63) is 148 Å². The summed E-state index contributed by atoms with van der Waals surface area (Å²) in [6.07, 6.45) is 1.75. The van der Waals surface area contributed by atoms with Crippen molar-refractivity contribution in [1.82, 2.24) is 4.57 Å². The Kier molecular flexibility index (Phi) is 9.96. The van der Waals surface area contributed by atoms with Gasteiger partial charge in [-0.05, 0) is 74.4 Å². The molecule has 49 heavy (non-hydrogen) atoms. The number of amides is 1. The Balaban J connectivity index is 1.45. The molecule has 1 aromatic heterocycles. The van der Waals surface area contributed by atoms with Gasteiger partial charge in [0.25, 0.3) is 11.5 Å². The maximum absolute atomic E-state index is 14.4. The topological polar surface area (TPSA) is 91.2 Å². The number of benzene rings is 4. The molecule has 250 valence electrons. The number of thiazole rings is 1. The number of nitrogens with zero attached hydrogens (tertiary/aromatic N) is 2. The number of ether oxygens (including phenoxy) is 3. The highest BCUT2D eigenvalue weighted by atomic mass is 35.5. The van der Waals surface area contributed by atoms with Crippen molar-refractivity contribution in [3.63, 3.8) is 0 Å². The summed E-state index contributed by atoms with van der Waals surface area (Å²) in [6.45, 7) is 5.88. The Morgan fingerprint density at radius 1 is 0.980 bits per heavy atom. The largest absolute Gasteiger partial charge is 0.497 e. The van der Waals surface area contributed by atoms with Crippen LogP contribution in [0.5, 0.6) is 17.2 Å². The maximum Gasteiger partial charge on any atom is 0.271 e. The van der Waals surface area contributed by atoms with Crippen molar-refractivity contribution in [1.29, 1.82) is 0 Å². The number of halogens is 2. The number of hydrogen-bond donors (Lipinski definition) is 1. The lowest BCUT2D eigenvalue weighted by Crippen LogP contribution is -2.40. The van der Waals surface area contributed by atoms with E-state index < -0.39 is 6.04 Å². The molecule has 0 fully saturated rings. The monoisotopic (exact) mass is 713 g/mol. The van der Waals surface area contributed by atoms with Gasteiger partial charge in [-0.15, -0.1) is 0 Å². The van der Waals surface area contributed by atoms with E-state index in [1.807, 2.05) is 68.4 Å². The molecule has 0 unspecified atom stereocenters. The van der Waals surface area contributed by atoms with Gasteiger partial charge in [-0.1, -0.05) is 82.6 Å². The van der Waals surface area contributed by atoms with Crippen molar-refractivity contribution in [3.8, 4) is 17.2 Å². The Morgan fingerprint density at radius 3 is 2.45 bits per heavy atom. The molecule has 0 bridgehead atoms. The minimum absolute atomic E-state index is 0.147. The molecular formula is C38H33Cl2N3O5S. The molecule has 2 heterocycles. The summed E-state index contributed by atoms with van der Waals surface area (Å²) in [5, 5.41) is 4.06. The van der Waals surface area contributed by atoms with E-state index in [9.17, 15) is 9.59 Å². The lowest BCUT2D eigenvalue weighted by atomic mass is 9.95. The molecule has 4 aromatic carbocycles. The van der Waals surface area contributed by atoms with E-state index in [1.54, 1.807) is 56.1 Å². The normalized spacial score (nSPS) is 14.3. The number of allylic oxidation sites excluding steroid dienone is 1. The summed E-state index contributed by atoms with van der Waals surface area (Å²) in [5.74, 6) is 1.25. The van der Waals surface area contributed by atoms with Gasteiger partial charge in [-0.25, -0.2) is 4.99 Å². The first-order valence-corrected chi connectivity index (χ1v) is 16.9. The van der Waals surface area contributed by atoms with E-state index in [0.717, 1.165) is 22.3 Å². The van der Waals surface area contributed by atoms with Gasteiger partial charge in [-0.3, -0.25) is 14.2 Å². The molecule has 5 aromatic rings. The van der Waals surface area contributed by atoms with E-state index in [4.69, 9.17) is 42.4 Å². The lowest BCUT2D eigenvalue weighted by Gasteiger charge is -2.25. The van der Waals surface area contributed by atoms with E-state index in [1.165, 1.54) is 11.3 Å². The zero-order chi connectivity index (χ0) is 34.8. The van der Waals surface area contributed by atoms with Gasteiger partial charge < -0.3 is 19.5 Å². The number of anilines is 1. The average Bonchev–Trinajstić information content (AvgIpc) is 3.38. The fourth-order valence-corrected chi connectivity index (χ4v) is 7.25. The zero-order valence-corrected chi connectivity index (χ0v) is 29.8. The van der Waals surface area contributed by atoms with Crippen LogP contribution in [0.3, 0.4) is 0 Å². The third-order valence-corrected chi connectivity index (χ3v) is 9.80. The van der Waals surface area contributed by atoms with Crippen LogP contribution >= 0.6 is 34.5 Å². The molecule has 1 N–H and O–H groups in total. The number of carbonyl (C=O) groups excluding carboxylic acids is 1. The second-order valence-electron chi connectivity index (χ2n) is 11.5. The number of nitrogens with one attached hydrogen (secondary N) is 1. The highest BCUT2D eigenvalue weighted by Gasteiger charge is 2.33. The SMILES string of the molecule is COc1ccc([C@H]2C(C(=O)Nc3ccc(C)cc3C)=C(C)N=c3s/c(=C\c4cccc(OC)c4OCc4ccc(Cl)cc4Cl)c(=O)n32)cc1. The molecular weight excluding hydrogens is 681 g/mol. The second-order valence-corrected chi connectivity index (χ2v) is 13.4. The molecule has 8 nitrogen and oxygen atoms in total. The molecule has 0 saturated heterocycles. The van der Waals surface area contributed by atoms with Crippen LogP contribution in [-0.4, -0.2) is 24.7 Å². The molecule has 1 aliphatic heterocycles. The van der Waals surface area contributed by atoms with Gasteiger partial charge >= 0.3 is 0 Å². The standard InChI is InChI=1S/C38H33Cl2N3O5S/c1-21-9-16-30(22(2)17-21)42-36(44)33-23(3)41-38-43(34(33)24-11-14-28(46-4)15-12-24)37(45)32(49-38)18-25-7-6-8-31(47-5)35(25)48-20-26-10-13-27(39)19-29(26)40/h6-19,34H,20H2,1-5H3,(H,42,44)/b32-18-/t34-/m0/s1. The average molecular weight is 715 g/mol. The van der Waals surface area contributed by atoms with Gasteiger partial charge in [0.05, 0.1) is 36.1 Å². The van der Waals surface area contributed by atoms with Gasteiger partial charge in [0.2, 0.25) is 0 Å². The molecule has 1 aliphatic rings. The van der Waals surface area contributed by atoms with Crippen LogP contribution in [0.25, 0.3) is 6.08 Å². The lowest BCUT2D eigenvalue weighted by molar-refractivity contribution is -0.113. The fraction of sp³-hybridized carbons (Fsp3) is 0.184. The molecule has 6 rings (SSSR count). The van der Waals surface area contributed by atoms with Crippen molar-refractivity contribution < 1.29 is 19.0 Å². The Hall–Kier alpha value is -4.83. The summed E-state index contributed by atoms with van der Waals surface area (Å²) in [7, 11) is 3.14. The van der Waals surface area contributed by atoms with E-state index in [-0.39, 0.29) is 18.1 Å². The molecule has 0 aliphatic carbocycles. The van der Waals surface area contributed by atoms with Crippen LogP contribution in [0, 0.1) is 13.8 Å². The van der Waals surface area contributed by atoms with E-state index >= 15 is 0 Å². The molecule has 11 heteroatoms. The van der Waals surface area contributed by atoms with Crippen LogP contribution in [0.2, 0.25) is 10.0 Å². The Bertz CT molecular complexity index is 2290. The van der Waals surface area contributed by atoms with Gasteiger partial charge in [-0.2, -0.15) is 0 Å². The van der Waals surface area contributed by atoms with Crippen LogP contribution in [0.4, 0.5) is 5.69 Å². The van der Waals surface area contributed by atoms with Crippen LogP contribution in [-0.2, 0) is 11.4 Å². The van der Waals surface area contributed by atoms with Crippen LogP contribution in [0.15, 0.2) is 99.9 Å². The molecule has 0 spiro atoms. The van der Waals surface area contributed by atoms with Crippen LogP contribution < -0.4 is 34.4 Å². The number of carbonyl (C=O) groups is 1. The number of aromatic nitrogens is 1. The molecule has 1 atom stereocenters. The number of hydrogen-bond acceptors (Lipinski definition) is 7. The number of methoxy groups -OCH3 is 2. The fourth-order valence-electron chi connectivity index (χ4n) is 5.75. The smallest absolute Gasteiger partial charge is 0.271 e. The number of aryl methyl sites for hydroxylation is 2. The van der Waals surface area contributed by atoms with Crippen molar-refractivity contribution >= 4 is 52.2 Å². The van der Waals surface area contributed by atoms with E-state index in [2.05, 4.69) is 5.32 Å². The predicted octanol–water partition coefficient (Wildman–Crippen LogP) is 7.39. The Morgan fingerprint density at radius 2 is 1.76 bits per heavy atom.